The molecule has 4 rings (SSSR count). The van der Waals surface area contributed by atoms with Crippen LogP contribution in [0, 0.1) is 0 Å². The van der Waals surface area contributed by atoms with Crippen LogP contribution in [-0.2, 0) is 0 Å². The van der Waals surface area contributed by atoms with Crippen LogP contribution in [0.5, 0.6) is 5.75 Å². The molecule has 2 N–H and O–H groups in total. The molecule has 33 heavy (non-hydrogen) atoms. The van der Waals surface area contributed by atoms with Gasteiger partial charge in [0.15, 0.2) is 5.11 Å². The van der Waals surface area contributed by atoms with Crippen LogP contribution in [-0.4, -0.2) is 29.4 Å². The van der Waals surface area contributed by atoms with Gasteiger partial charge in [-0.25, -0.2) is 4.90 Å². The lowest BCUT2D eigenvalue weighted by Gasteiger charge is -2.16. The van der Waals surface area contributed by atoms with Crippen LogP contribution in [0.2, 0.25) is 0 Å². The molecule has 0 spiro atoms. The van der Waals surface area contributed by atoms with Gasteiger partial charge in [-0.2, -0.15) is 0 Å². The van der Waals surface area contributed by atoms with Crippen molar-refractivity contribution in [3.63, 3.8) is 0 Å². The lowest BCUT2D eigenvalue weighted by molar-refractivity contribution is 0.0924. The van der Waals surface area contributed by atoms with Gasteiger partial charge in [-0.1, -0.05) is 31.2 Å². The van der Waals surface area contributed by atoms with Crippen molar-refractivity contribution in [1.29, 1.82) is 0 Å². The van der Waals surface area contributed by atoms with Crippen molar-refractivity contribution in [1.82, 2.24) is 5.32 Å². The van der Waals surface area contributed by atoms with Gasteiger partial charge in [-0.05, 0) is 67.2 Å². The number of nitrogens with zero attached hydrogens (tertiary/aromatic N) is 1. The maximum atomic E-state index is 12.7. The molecular weight excluding hydrogens is 438 g/mol. The van der Waals surface area contributed by atoms with Crippen molar-refractivity contribution in [2.75, 3.05) is 16.8 Å². The van der Waals surface area contributed by atoms with E-state index in [9.17, 15) is 14.4 Å². The number of rotatable bonds is 6. The predicted octanol–water partition coefficient (Wildman–Crippen LogP) is 4.40. The molecule has 166 valence electrons. The second-order valence-electron chi connectivity index (χ2n) is 7.33. The minimum absolute atomic E-state index is 0.0828. The third-order valence-corrected chi connectivity index (χ3v) is 5.16. The molecule has 0 aromatic heterocycles. The Balaban J connectivity index is 1.44. The highest BCUT2D eigenvalue weighted by Crippen LogP contribution is 2.29. The Bertz CT molecular complexity index is 1220. The zero-order valence-electron chi connectivity index (χ0n) is 17.8. The fourth-order valence-electron chi connectivity index (χ4n) is 3.43. The van der Waals surface area contributed by atoms with Crippen LogP contribution in [0.3, 0.4) is 0 Å². The second kappa shape index (κ2) is 9.62. The molecule has 0 unspecified atom stereocenters. The summed E-state index contributed by atoms with van der Waals surface area (Å²) in [6.45, 7) is 2.57. The Labute approximate surface area is 196 Å². The Hall–Kier alpha value is -4.04. The predicted molar refractivity (Wildman–Crippen MR) is 130 cm³/mol. The molecule has 1 heterocycles. The Kier molecular flexibility index (Phi) is 6.46. The monoisotopic (exact) mass is 459 g/mol. The van der Waals surface area contributed by atoms with Crippen molar-refractivity contribution >= 4 is 46.4 Å². The molecule has 7 nitrogen and oxygen atoms in total. The molecule has 0 atom stereocenters. The maximum Gasteiger partial charge on any atom is 0.266 e. The summed E-state index contributed by atoms with van der Waals surface area (Å²) in [5.41, 5.74) is 2.07. The molecule has 0 bridgehead atoms. The summed E-state index contributed by atoms with van der Waals surface area (Å²) in [4.78, 5) is 39.1. The van der Waals surface area contributed by atoms with Gasteiger partial charge >= 0.3 is 0 Å². The summed E-state index contributed by atoms with van der Waals surface area (Å²) in [5.74, 6) is -0.537. The molecule has 0 fully saturated rings. The summed E-state index contributed by atoms with van der Waals surface area (Å²) in [5, 5.41) is 5.64. The molecule has 0 aliphatic carbocycles. The number of hydrogen-bond donors (Lipinski definition) is 2. The maximum absolute atomic E-state index is 12.7. The molecule has 3 amide bonds. The minimum atomic E-state index is -0.383. The molecule has 1 aliphatic rings. The number of fused-ring (bicyclic) bond motifs is 1. The van der Waals surface area contributed by atoms with Gasteiger partial charge in [0.1, 0.15) is 5.75 Å². The van der Waals surface area contributed by atoms with Crippen molar-refractivity contribution < 1.29 is 19.1 Å². The summed E-state index contributed by atoms with van der Waals surface area (Å²) in [7, 11) is 0. The number of hydrogen-bond acceptors (Lipinski definition) is 5. The number of anilines is 2. The van der Waals surface area contributed by atoms with Gasteiger partial charge in [0, 0.05) is 11.3 Å². The summed E-state index contributed by atoms with van der Waals surface area (Å²) in [6.07, 6.45) is 0.865. The number of carbonyl (C=O) groups is 3. The summed E-state index contributed by atoms with van der Waals surface area (Å²) in [6, 6.07) is 20.2. The number of amides is 3. The first-order chi connectivity index (χ1) is 16.0. The molecule has 8 heteroatoms. The number of thiocarbonyl (C=S) groups is 1. The number of ether oxygens (including phenoxy) is 1. The molecule has 1 aliphatic heterocycles. The lowest BCUT2D eigenvalue weighted by Crippen LogP contribution is -2.34. The van der Waals surface area contributed by atoms with E-state index in [0.29, 0.717) is 40.4 Å². The van der Waals surface area contributed by atoms with Gasteiger partial charge in [-0.15, -0.1) is 0 Å². The second-order valence-corrected chi connectivity index (χ2v) is 7.73. The van der Waals surface area contributed by atoms with E-state index in [-0.39, 0.29) is 22.8 Å². The van der Waals surface area contributed by atoms with Crippen LogP contribution >= 0.6 is 12.2 Å². The molecule has 0 radical (unpaired) electrons. The SMILES string of the molecule is CCCOc1cccc(C(=O)NC(=S)Nc2cccc(N3C(=O)c4ccccc4C3=O)c2)c1. The molecular formula is C25H21N3O4S. The Morgan fingerprint density at radius 3 is 2.33 bits per heavy atom. The normalized spacial score (nSPS) is 12.3. The molecule has 3 aromatic carbocycles. The van der Waals surface area contributed by atoms with E-state index >= 15 is 0 Å². The van der Waals surface area contributed by atoms with Crippen LogP contribution in [0.15, 0.2) is 72.8 Å². The Morgan fingerprint density at radius 2 is 1.64 bits per heavy atom. The first-order valence-electron chi connectivity index (χ1n) is 10.4. The van der Waals surface area contributed by atoms with Crippen LogP contribution < -0.4 is 20.3 Å². The van der Waals surface area contributed by atoms with Gasteiger partial charge in [0.2, 0.25) is 0 Å². The zero-order chi connectivity index (χ0) is 23.4. The highest BCUT2D eigenvalue weighted by atomic mass is 32.1. The largest absolute Gasteiger partial charge is 0.494 e. The fourth-order valence-corrected chi connectivity index (χ4v) is 3.64. The van der Waals surface area contributed by atoms with Gasteiger partial charge in [0.25, 0.3) is 17.7 Å². The van der Waals surface area contributed by atoms with Gasteiger partial charge < -0.3 is 10.1 Å². The van der Waals surface area contributed by atoms with Gasteiger partial charge in [0.05, 0.1) is 23.4 Å². The number of nitrogens with one attached hydrogen (secondary N) is 2. The van der Waals surface area contributed by atoms with E-state index in [1.54, 1.807) is 72.8 Å². The van der Waals surface area contributed by atoms with Gasteiger partial charge in [-0.3, -0.25) is 19.7 Å². The highest BCUT2D eigenvalue weighted by molar-refractivity contribution is 7.80. The molecule has 0 saturated heterocycles. The topological polar surface area (TPSA) is 87.7 Å². The van der Waals surface area contributed by atoms with E-state index in [1.165, 1.54) is 0 Å². The van der Waals surface area contributed by atoms with E-state index in [4.69, 9.17) is 17.0 Å². The Morgan fingerprint density at radius 1 is 0.939 bits per heavy atom. The van der Waals surface area contributed by atoms with Crippen LogP contribution in [0.1, 0.15) is 44.4 Å². The van der Waals surface area contributed by atoms with Crippen LogP contribution in [0.25, 0.3) is 0 Å². The van der Waals surface area contributed by atoms with E-state index in [0.717, 1.165) is 11.3 Å². The first-order valence-corrected chi connectivity index (χ1v) is 10.8. The zero-order valence-corrected chi connectivity index (χ0v) is 18.6. The molecule has 0 saturated carbocycles. The first kappa shape index (κ1) is 22.2. The van der Waals surface area contributed by atoms with E-state index < -0.39 is 0 Å². The third kappa shape index (κ3) is 4.75. The lowest BCUT2D eigenvalue weighted by atomic mass is 10.1. The summed E-state index contributed by atoms with van der Waals surface area (Å²) >= 11 is 5.27. The van der Waals surface area contributed by atoms with Crippen molar-refractivity contribution in [3.05, 3.63) is 89.5 Å². The van der Waals surface area contributed by atoms with E-state index in [1.807, 2.05) is 6.92 Å². The van der Waals surface area contributed by atoms with Crippen LogP contribution in [0.4, 0.5) is 11.4 Å². The van der Waals surface area contributed by atoms with Crippen molar-refractivity contribution in [2.24, 2.45) is 0 Å². The molecule has 3 aromatic rings. The third-order valence-electron chi connectivity index (χ3n) is 4.95. The quantitative estimate of drug-likeness (QED) is 0.420. The fraction of sp³-hybridized carbons (Fsp3) is 0.120. The van der Waals surface area contributed by atoms with E-state index in [2.05, 4.69) is 10.6 Å². The average Bonchev–Trinajstić information content (AvgIpc) is 3.08. The number of carbonyl (C=O) groups excluding carboxylic acids is 3. The summed E-state index contributed by atoms with van der Waals surface area (Å²) < 4.78 is 5.56. The minimum Gasteiger partial charge on any atom is -0.494 e. The highest BCUT2D eigenvalue weighted by Gasteiger charge is 2.36. The standard InChI is InChI=1S/C25H21N3O4S/c1-2-13-32-19-10-5-7-16(14-19)22(29)27-25(33)26-17-8-6-9-18(15-17)28-23(30)20-11-3-4-12-21(20)24(28)31/h3-12,14-15H,2,13H2,1H3,(H2,26,27,29,33). The van der Waals surface area contributed by atoms with Crippen molar-refractivity contribution in [2.45, 2.75) is 13.3 Å². The van der Waals surface area contributed by atoms with Crippen molar-refractivity contribution in [3.8, 4) is 5.75 Å². The smallest absolute Gasteiger partial charge is 0.266 e. The average molecular weight is 460 g/mol. The number of imide groups is 1. The number of benzene rings is 3.